The predicted molar refractivity (Wildman–Crippen MR) is 87.9 cm³/mol. The molecule has 0 bridgehead atoms. The van der Waals surface area contributed by atoms with Crippen LogP contribution in [0, 0.1) is 0 Å². The van der Waals surface area contributed by atoms with Gasteiger partial charge in [0.05, 0.1) is 18.2 Å². The highest BCUT2D eigenvalue weighted by Crippen LogP contribution is 2.29. The van der Waals surface area contributed by atoms with Crippen molar-refractivity contribution < 1.29 is 18.0 Å². The number of hydrogen-bond donors (Lipinski definition) is 2. The van der Waals surface area contributed by atoms with Crippen LogP contribution >= 0.6 is 11.6 Å². The molecule has 0 spiro atoms. The molecule has 0 aromatic heterocycles. The van der Waals surface area contributed by atoms with E-state index >= 15 is 0 Å². The molecule has 0 saturated heterocycles. The standard InChI is InChI=1S/C17H16ClF3N2O/c1-11(12-2-6-14(18)7-3-12)23-16(24)10-22-15-8-4-13(5-9-15)17(19,20)21/h2-9,11,22H,10H2,1H3,(H,23,24). The van der Waals surface area contributed by atoms with Crippen LogP contribution in [0.15, 0.2) is 48.5 Å². The van der Waals surface area contributed by atoms with Gasteiger partial charge in [-0.3, -0.25) is 4.79 Å². The Hall–Kier alpha value is -2.21. The summed E-state index contributed by atoms with van der Waals surface area (Å²) in [5.74, 6) is -0.266. The molecule has 24 heavy (non-hydrogen) atoms. The number of hydrogen-bond acceptors (Lipinski definition) is 2. The lowest BCUT2D eigenvalue weighted by Gasteiger charge is -2.15. The number of benzene rings is 2. The van der Waals surface area contributed by atoms with Gasteiger partial charge in [0.15, 0.2) is 0 Å². The maximum Gasteiger partial charge on any atom is 0.416 e. The van der Waals surface area contributed by atoms with Gasteiger partial charge in [-0.25, -0.2) is 0 Å². The lowest BCUT2D eigenvalue weighted by molar-refractivity contribution is -0.137. The van der Waals surface area contributed by atoms with Crippen molar-refractivity contribution in [2.75, 3.05) is 11.9 Å². The van der Waals surface area contributed by atoms with Gasteiger partial charge in [0.25, 0.3) is 0 Å². The molecule has 2 aromatic rings. The zero-order valence-electron chi connectivity index (χ0n) is 12.8. The van der Waals surface area contributed by atoms with E-state index in [1.165, 1.54) is 12.1 Å². The fourth-order valence-electron chi connectivity index (χ4n) is 2.09. The summed E-state index contributed by atoms with van der Waals surface area (Å²) in [5.41, 5.74) is 0.619. The first-order chi connectivity index (χ1) is 11.3. The Morgan fingerprint density at radius 3 is 2.21 bits per heavy atom. The smallest absolute Gasteiger partial charge is 0.376 e. The Morgan fingerprint density at radius 2 is 1.67 bits per heavy atom. The van der Waals surface area contributed by atoms with E-state index in [0.717, 1.165) is 17.7 Å². The zero-order valence-corrected chi connectivity index (χ0v) is 13.6. The largest absolute Gasteiger partial charge is 0.416 e. The summed E-state index contributed by atoms with van der Waals surface area (Å²) in [7, 11) is 0. The van der Waals surface area contributed by atoms with Crippen molar-refractivity contribution in [3.63, 3.8) is 0 Å². The summed E-state index contributed by atoms with van der Waals surface area (Å²) in [6.07, 6.45) is -4.37. The van der Waals surface area contributed by atoms with E-state index in [2.05, 4.69) is 10.6 Å². The van der Waals surface area contributed by atoms with Crippen LogP contribution in [0.4, 0.5) is 18.9 Å². The number of rotatable bonds is 5. The minimum Gasteiger partial charge on any atom is -0.376 e. The van der Waals surface area contributed by atoms with E-state index in [-0.39, 0.29) is 18.5 Å². The molecule has 0 saturated carbocycles. The van der Waals surface area contributed by atoms with Gasteiger partial charge in [-0.1, -0.05) is 23.7 Å². The Balaban J connectivity index is 1.85. The highest BCUT2D eigenvalue weighted by molar-refractivity contribution is 6.30. The minimum absolute atomic E-state index is 0.0384. The predicted octanol–water partition coefficient (Wildman–Crippen LogP) is 4.65. The van der Waals surface area contributed by atoms with Crippen LogP contribution in [0.3, 0.4) is 0 Å². The summed E-state index contributed by atoms with van der Waals surface area (Å²) >= 11 is 5.81. The number of anilines is 1. The topological polar surface area (TPSA) is 41.1 Å². The van der Waals surface area contributed by atoms with Gasteiger partial charge >= 0.3 is 6.18 Å². The SMILES string of the molecule is CC(NC(=O)CNc1ccc(C(F)(F)F)cc1)c1ccc(Cl)cc1. The molecule has 1 unspecified atom stereocenters. The van der Waals surface area contributed by atoms with Gasteiger partial charge in [0, 0.05) is 10.7 Å². The fourth-order valence-corrected chi connectivity index (χ4v) is 2.21. The molecule has 0 aliphatic heterocycles. The zero-order chi connectivity index (χ0) is 17.7. The first kappa shape index (κ1) is 18.1. The molecular weight excluding hydrogens is 341 g/mol. The maximum absolute atomic E-state index is 12.5. The molecule has 2 aromatic carbocycles. The summed E-state index contributed by atoms with van der Waals surface area (Å²) in [6.45, 7) is 1.79. The Labute approximate surface area is 142 Å². The molecule has 7 heteroatoms. The number of nitrogens with one attached hydrogen (secondary N) is 2. The van der Waals surface area contributed by atoms with Crippen molar-refractivity contribution in [1.82, 2.24) is 5.32 Å². The first-order valence-electron chi connectivity index (χ1n) is 7.21. The quantitative estimate of drug-likeness (QED) is 0.818. The summed E-state index contributed by atoms with van der Waals surface area (Å²) < 4.78 is 37.4. The molecule has 2 N–H and O–H groups in total. The number of halogens is 4. The van der Waals surface area contributed by atoms with Crippen molar-refractivity contribution in [3.8, 4) is 0 Å². The number of amides is 1. The second-order valence-corrected chi connectivity index (χ2v) is 5.71. The Morgan fingerprint density at radius 1 is 1.08 bits per heavy atom. The maximum atomic E-state index is 12.5. The average Bonchev–Trinajstić information content (AvgIpc) is 2.53. The molecule has 3 nitrogen and oxygen atoms in total. The van der Waals surface area contributed by atoms with Crippen LogP contribution in [-0.2, 0) is 11.0 Å². The molecule has 128 valence electrons. The van der Waals surface area contributed by atoms with Gasteiger partial charge in [-0.05, 0) is 48.9 Å². The van der Waals surface area contributed by atoms with Gasteiger partial charge < -0.3 is 10.6 Å². The summed E-state index contributed by atoms with van der Waals surface area (Å²) in [6, 6.07) is 11.4. The molecule has 0 aliphatic rings. The van der Waals surface area contributed by atoms with Crippen molar-refractivity contribution in [1.29, 1.82) is 0 Å². The molecule has 0 heterocycles. The van der Waals surface area contributed by atoms with E-state index in [0.29, 0.717) is 10.7 Å². The van der Waals surface area contributed by atoms with E-state index in [4.69, 9.17) is 11.6 Å². The third-order valence-corrected chi connectivity index (χ3v) is 3.66. The highest BCUT2D eigenvalue weighted by Gasteiger charge is 2.29. The molecule has 0 fully saturated rings. The second kappa shape index (κ2) is 7.57. The summed E-state index contributed by atoms with van der Waals surface area (Å²) in [4.78, 5) is 11.9. The van der Waals surface area contributed by atoms with Crippen molar-refractivity contribution >= 4 is 23.2 Å². The van der Waals surface area contributed by atoms with Crippen LogP contribution < -0.4 is 10.6 Å². The average molecular weight is 357 g/mol. The summed E-state index contributed by atoms with van der Waals surface area (Å²) in [5, 5.41) is 6.20. The van der Waals surface area contributed by atoms with E-state index in [1.807, 2.05) is 19.1 Å². The van der Waals surface area contributed by atoms with Gasteiger partial charge in [0.1, 0.15) is 0 Å². The Kier molecular flexibility index (Phi) is 5.72. The van der Waals surface area contributed by atoms with E-state index in [1.54, 1.807) is 12.1 Å². The molecule has 1 amide bonds. The Bertz CT molecular complexity index is 684. The van der Waals surface area contributed by atoms with Crippen molar-refractivity contribution in [2.45, 2.75) is 19.1 Å². The van der Waals surface area contributed by atoms with Crippen molar-refractivity contribution in [3.05, 3.63) is 64.7 Å². The lowest BCUT2D eigenvalue weighted by Crippen LogP contribution is -2.32. The van der Waals surface area contributed by atoms with Crippen LogP contribution in [0.1, 0.15) is 24.1 Å². The van der Waals surface area contributed by atoms with Crippen LogP contribution in [0.2, 0.25) is 5.02 Å². The highest BCUT2D eigenvalue weighted by atomic mass is 35.5. The third-order valence-electron chi connectivity index (χ3n) is 3.41. The van der Waals surface area contributed by atoms with E-state index in [9.17, 15) is 18.0 Å². The molecular formula is C17H16ClF3N2O. The number of alkyl halides is 3. The van der Waals surface area contributed by atoms with Gasteiger partial charge in [-0.15, -0.1) is 0 Å². The first-order valence-corrected chi connectivity index (χ1v) is 7.59. The molecule has 0 radical (unpaired) electrons. The fraction of sp³-hybridized carbons (Fsp3) is 0.235. The number of carbonyl (C=O) groups excluding carboxylic acids is 1. The normalized spacial score (nSPS) is 12.5. The molecule has 2 rings (SSSR count). The van der Waals surface area contributed by atoms with Gasteiger partial charge in [0.2, 0.25) is 5.91 Å². The van der Waals surface area contributed by atoms with Gasteiger partial charge in [-0.2, -0.15) is 13.2 Å². The molecule has 1 atom stereocenters. The third kappa shape index (κ3) is 5.16. The second-order valence-electron chi connectivity index (χ2n) is 5.27. The minimum atomic E-state index is -4.37. The number of carbonyl (C=O) groups is 1. The van der Waals surface area contributed by atoms with E-state index < -0.39 is 11.7 Å². The van der Waals surface area contributed by atoms with Crippen molar-refractivity contribution in [2.24, 2.45) is 0 Å². The van der Waals surface area contributed by atoms with Crippen LogP contribution in [-0.4, -0.2) is 12.5 Å². The lowest BCUT2D eigenvalue weighted by atomic mass is 10.1. The van der Waals surface area contributed by atoms with Crippen LogP contribution in [0.25, 0.3) is 0 Å². The molecule has 0 aliphatic carbocycles. The monoisotopic (exact) mass is 356 g/mol. The van der Waals surface area contributed by atoms with Crippen LogP contribution in [0.5, 0.6) is 0 Å².